The second kappa shape index (κ2) is 2.70. The molecule has 0 amide bonds. The molecule has 0 fully saturated rings. The fraction of sp³-hybridized carbons (Fsp3) is 0. The van der Waals surface area contributed by atoms with Crippen LogP contribution in [0.25, 0.3) is 6.08 Å². The molecule has 0 aromatic heterocycles. The van der Waals surface area contributed by atoms with Crippen molar-refractivity contribution < 1.29 is 0 Å². The van der Waals surface area contributed by atoms with Gasteiger partial charge < -0.3 is 0 Å². The minimum absolute atomic E-state index is 0.694. The average Bonchev–Trinajstić information content (AvgIpc) is 1.89. The van der Waals surface area contributed by atoms with Crippen molar-refractivity contribution >= 4 is 17.7 Å². The minimum Gasteiger partial charge on any atom is -0.0837 e. The van der Waals surface area contributed by atoms with E-state index in [1.807, 2.05) is 18.2 Å². The molecule has 1 radical (unpaired) electrons. The van der Waals surface area contributed by atoms with Crippen molar-refractivity contribution in [1.29, 1.82) is 0 Å². The molecule has 0 aliphatic heterocycles. The molecule has 0 nitrogen and oxygen atoms in total. The van der Waals surface area contributed by atoms with Crippen LogP contribution in [0.2, 0.25) is 5.02 Å². The normalized spacial score (nSPS) is 9.00. The Morgan fingerprint density at radius 1 is 1.33 bits per heavy atom. The van der Waals surface area contributed by atoms with Crippen LogP contribution >= 0.6 is 11.6 Å². The van der Waals surface area contributed by atoms with Gasteiger partial charge in [-0.3, -0.25) is 0 Å². The van der Waals surface area contributed by atoms with Crippen molar-refractivity contribution in [2.75, 3.05) is 0 Å². The van der Waals surface area contributed by atoms with Crippen LogP contribution in [-0.2, 0) is 0 Å². The van der Waals surface area contributed by atoms with Gasteiger partial charge in [0.25, 0.3) is 0 Å². The van der Waals surface area contributed by atoms with Gasteiger partial charge in [-0.05, 0) is 11.6 Å². The molecular weight excluding hydrogens is 132 g/mol. The van der Waals surface area contributed by atoms with Crippen molar-refractivity contribution in [2.45, 2.75) is 0 Å². The third-order valence-electron chi connectivity index (χ3n) is 1.08. The van der Waals surface area contributed by atoms with E-state index in [1.54, 1.807) is 6.07 Å². The van der Waals surface area contributed by atoms with Gasteiger partial charge in [-0.1, -0.05) is 42.5 Å². The van der Waals surface area contributed by atoms with Crippen LogP contribution in [0, 0.1) is 6.58 Å². The average molecular weight is 138 g/mol. The number of hydrogen-bond acceptors (Lipinski definition) is 0. The monoisotopic (exact) mass is 137 g/mol. The van der Waals surface area contributed by atoms with E-state index in [0.29, 0.717) is 5.02 Å². The first-order chi connectivity index (χ1) is 4.34. The summed E-state index contributed by atoms with van der Waals surface area (Å²) in [5, 5.41) is 0.694. The molecule has 0 saturated heterocycles. The molecule has 0 atom stereocenters. The van der Waals surface area contributed by atoms with Gasteiger partial charge >= 0.3 is 0 Å². The van der Waals surface area contributed by atoms with E-state index < -0.39 is 0 Å². The van der Waals surface area contributed by atoms with Gasteiger partial charge in [-0.15, -0.1) is 0 Å². The maximum atomic E-state index is 5.71. The molecule has 0 aliphatic carbocycles. The first-order valence-corrected chi connectivity index (χ1v) is 3.02. The highest BCUT2D eigenvalue weighted by molar-refractivity contribution is 6.32. The first kappa shape index (κ1) is 6.37. The van der Waals surface area contributed by atoms with Gasteiger partial charge in [-0.2, -0.15) is 0 Å². The molecule has 0 bridgehead atoms. The van der Waals surface area contributed by atoms with E-state index in [0.717, 1.165) is 5.56 Å². The van der Waals surface area contributed by atoms with Gasteiger partial charge in [0.05, 0.1) is 0 Å². The maximum Gasteiger partial charge on any atom is 0.0478 e. The summed E-state index contributed by atoms with van der Waals surface area (Å²) in [4.78, 5) is 0. The van der Waals surface area contributed by atoms with Crippen LogP contribution in [0.1, 0.15) is 5.56 Å². The molecule has 1 heteroatoms. The van der Waals surface area contributed by atoms with E-state index in [-0.39, 0.29) is 0 Å². The minimum atomic E-state index is 0.694. The molecule has 0 heterocycles. The quantitative estimate of drug-likeness (QED) is 0.559. The standard InChI is InChI=1S/C8H6Cl/c1-2-7-5-3-4-6-8(7)9/h1-6H. The Morgan fingerprint density at radius 2 is 2.00 bits per heavy atom. The summed E-state index contributed by atoms with van der Waals surface area (Å²) < 4.78 is 0. The molecule has 0 N–H and O–H groups in total. The molecule has 9 heavy (non-hydrogen) atoms. The lowest BCUT2D eigenvalue weighted by molar-refractivity contribution is 1.66. The van der Waals surface area contributed by atoms with Crippen molar-refractivity contribution in [3.05, 3.63) is 41.4 Å². The van der Waals surface area contributed by atoms with Gasteiger partial charge in [0.15, 0.2) is 0 Å². The van der Waals surface area contributed by atoms with E-state index in [2.05, 4.69) is 0 Å². The largest absolute Gasteiger partial charge is 0.0837 e. The molecular formula is C8H6Cl. The molecule has 45 valence electrons. The van der Waals surface area contributed by atoms with E-state index in [1.165, 1.54) is 6.08 Å². The van der Waals surface area contributed by atoms with Gasteiger partial charge in [0.2, 0.25) is 0 Å². The number of hydrogen-bond donors (Lipinski definition) is 0. The topological polar surface area (TPSA) is 0 Å². The maximum absolute atomic E-state index is 5.71. The highest BCUT2D eigenvalue weighted by atomic mass is 35.5. The highest BCUT2D eigenvalue weighted by Gasteiger charge is 1.89. The second-order valence-corrected chi connectivity index (χ2v) is 2.10. The van der Waals surface area contributed by atoms with Gasteiger partial charge in [-0.25, -0.2) is 0 Å². The Balaban J connectivity index is 3.15. The smallest absolute Gasteiger partial charge is 0.0478 e. The van der Waals surface area contributed by atoms with Gasteiger partial charge in [0.1, 0.15) is 0 Å². The van der Waals surface area contributed by atoms with E-state index in [9.17, 15) is 0 Å². The molecule has 0 spiro atoms. The van der Waals surface area contributed by atoms with Crippen molar-refractivity contribution in [3.8, 4) is 0 Å². The van der Waals surface area contributed by atoms with E-state index >= 15 is 0 Å². The lowest BCUT2D eigenvalue weighted by atomic mass is 10.2. The predicted octanol–water partition coefficient (Wildman–Crippen LogP) is 2.79. The van der Waals surface area contributed by atoms with Gasteiger partial charge in [0, 0.05) is 5.02 Å². The lowest BCUT2D eigenvalue weighted by Gasteiger charge is -1.92. The Bertz CT molecular complexity index is 216. The Morgan fingerprint density at radius 3 is 2.44 bits per heavy atom. The summed E-state index contributed by atoms with van der Waals surface area (Å²) in [6.45, 7) is 5.24. The number of halogens is 1. The zero-order valence-electron chi connectivity index (χ0n) is 4.84. The molecule has 0 aliphatic rings. The Kier molecular flexibility index (Phi) is 1.91. The van der Waals surface area contributed by atoms with Crippen molar-refractivity contribution in [3.63, 3.8) is 0 Å². The Labute approximate surface area is 59.8 Å². The van der Waals surface area contributed by atoms with Crippen molar-refractivity contribution in [1.82, 2.24) is 0 Å². The van der Waals surface area contributed by atoms with Crippen LogP contribution in [0.4, 0.5) is 0 Å². The lowest BCUT2D eigenvalue weighted by Crippen LogP contribution is -1.69. The zero-order chi connectivity index (χ0) is 6.69. The van der Waals surface area contributed by atoms with Crippen molar-refractivity contribution in [2.24, 2.45) is 0 Å². The first-order valence-electron chi connectivity index (χ1n) is 2.64. The highest BCUT2D eigenvalue weighted by Crippen LogP contribution is 2.14. The summed E-state index contributed by atoms with van der Waals surface area (Å²) in [6.07, 6.45) is 1.49. The third-order valence-corrected chi connectivity index (χ3v) is 1.43. The van der Waals surface area contributed by atoms with Crippen LogP contribution in [0.5, 0.6) is 0 Å². The number of rotatable bonds is 1. The molecule has 0 unspecified atom stereocenters. The van der Waals surface area contributed by atoms with Crippen LogP contribution in [0.3, 0.4) is 0 Å². The van der Waals surface area contributed by atoms with Crippen LogP contribution in [-0.4, -0.2) is 0 Å². The molecule has 0 saturated carbocycles. The summed E-state index contributed by atoms with van der Waals surface area (Å²) in [7, 11) is 0. The molecule has 1 rings (SSSR count). The fourth-order valence-corrected chi connectivity index (χ4v) is 0.809. The van der Waals surface area contributed by atoms with Crippen LogP contribution < -0.4 is 0 Å². The molecule has 1 aromatic carbocycles. The Hall–Kier alpha value is -0.750. The van der Waals surface area contributed by atoms with Crippen LogP contribution in [0.15, 0.2) is 24.3 Å². The predicted molar refractivity (Wildman–Crippen MR) is 40.2 cm³/mol. The molecule has 1 aromatic rings. The summed E-state index contributed by atoms with van der Waals surface area (Å²) in [6, 6.07) is 7.43. The summed E-state index contributed by atoms with van der Waals surface area (Å²) in [5.74, 6) is 0. The number of benzene rings is 1. The third kappa shape index (κ3) is 1.33. The second-order valence-electron chi connectivity index (χ2n) is 1.69. The van der Waals surface area contributed by atoms with E-state index in [4.69, 9.17) is 18.2 Å². The zero-order valence-corrected chi connectivity index (χ0v) is 5.60. The summed E-state index contributed by atoms with van der Waals surface area (Å²) >= 11 is 5.71. The summed E-state index contributed by atoms with van der Waals surface area (Å²) in [5.41, 5.74) is 0.874. The fourth-order valence-electron chi connectivity index (χ4n) is 0.610. The SMILES string of the molecule is [CH]=Cc1ccccc1Cl.